The number of aryl methyl sites for hydroxylation is 1. The zero-order chi connectivity index (χ0) is 13.1. The van der Waals surface area contributed by atoms with Crippen molar-refractivity contribution in [1.29, 1.82) is 0 Å². The van der Waals surface area contributed by atoms with Gasteiger partial charge in [0.25, 0.3) is 0 Å². The number of rotatable bonds is 4. The first-order chi connectivity index (χ1) is 8.56. The standard InChI is InChI=1S/C9H8BrN5O3/c1-5-13-8(18-14-5)4-12-9-7(15(16)17)2-6(10)3-11-9/h2-3H,4H2,1H3,(H,11,12). The Kier molecular flexibility index (Phi) is 3.51. The number of nitrogens with one attached hydrogen (secondary N) is 1. The van der Waals surface area contributed by atoms with E-state index in [1.807, 2.05) is 0 Å². The molecule has 0 fully saturated rings. The Morgan fingerprint density at radius 2 is 2.39 bits per heavy atom. The van der Waals surface area contributed by atoms with Gasteiger partial charge in [-0.1, -0.05) is 5.16 Å². The minimum Gasteiger partial charge on any atom is -0.355 e. The summed E-state index contributed by atoms with van der Waals surface area (Å²) >= 11 is 3.13. The Bertz CT molecular complexity index is 585. The lowest BCUT2D eigenvalue weighted by Crippen LogP contribution is -2.05. The van der Waals surface area contributed by atoms with Crippen molar-refractivity contribution in [2.24, 2.45) is 0 Å². The molecule has 9 heteroatoms. The van der Waals surface area contributed by atoms with Gasteiger partial charge in [-0.15, -0.1) is 0 Å². The van der Waals surface area contributed by atoms with Gasteiger partial charge in [0.05, 0.1) is 11.5 Å². The van der Waals surface area contributed by atoms with E-state index in [-0.39, 0.29) is 18.1 Å². The van der Waals surface area contributed by atoms with Crippen LogP contribution in [0.4, 0.5) is 11.5 Å². The second-order valence-electron chi connectivity index (χ2n) is 3.37. The number of pyridine rings is 1. The molecule has 8 nitrogen and oxygen atoms in total. The van der Waals surface area contributed by atoms with E-state index in [4.69, 9.17) is 4.52 Å². The van der Waals surface area contributed by atoms with E-state index in [1.54, 1.807) is 6.92 Å². The van der Waals surface area contributed by atoms with Gasteiger partial charge in [0.15, 0.2) is 5.82 Å². The lowest BCUT2D eigenvalue weighted by Gasteiger charge is -2.03. The predicted molar refractivity (Wildman–Crippen MR) is 65.0 cm³/mol. The highest BCUT2D eigenvalue weighted by atomic mass is 79.9. The summed E-state index contributed by atoms with van der Waals surface area (Å²) in [6.07, 6.45) is 1.47. The van der Waals surface area contributed by atoms with Crippen molar-refractivity contribution in [3.8, 4) is 0 Å². The van der Waals surface area contributed by atoms with Gasteiger partial charge < -0.3 is 9.84 Å². The van der Waals surface area contributed by atoms with Gasteiger partial charge in [-0.05, 0) is 22.9 Å². The molecule has 1 N–H and O–H groups in total. The second kappa shape index (κ2) is 5.08. The fourth-order valence-corrected chi connectivity index (χ4v) is 1.59. The summed E-state index contributed by atoms with van der Waals surface area (Å²) in [4.78, 5) is 18.2. The summed E-state index contributed by atoms with van der Waals surface area (Å²) in [5.74, 6) is 0.996. The van der Waals surface area contributed by atoms with Gasteiger partial charge in [-0.25, -0.2) is 4.98 Å². The van der Waals surface area contributed by atoms with Crippen molar-refractivity contribution in [2.45, 2.75) is 13.5 Å². The molecule has 18 heavy (non-hydrogen) atoms. The van der Waals surface area contributed by atoms with E-state index in [0.29, 0.717) is 16.2 Å². The molecule has 0 bridgehead atoms. The molecular weight excluding hydrogens is 306 g/mol. The van der Waals surface area contributed by atoms with Gasteiger partial charge in [-0.3, -0.25) is 10.1 Å². The topological polar surface area (TPSA) is 107 Å². The first-order valence-electron chi connectivity index (χ1n) is 4.89. The number of nitrogens with zero attached hydrogens (tertiary/aromatic N) is 4. The first-order valence-corrected chi connectivity index (χ1v) is 5.68. The van der Waals surface area contributed by atoms with E-state index in [2.05, 4.69) is 36.4 Å². The molecule has 94 valence electrons. The maximum absolute atomic E-state index is 10.8. The van der Waals surface area contributed by atoms with Crippen LogP contribution in [0.25, 0.3) is 0 Å². The van der Waals surface area contributed by atoms with Crippen LogP contribution in [-0.4, -0.2) is 20.0 Å². The molecule has 2 rings (SSSR count). The van der Waals surface area contributed by atoms with Crippen LogP contribution in [0.15, 0.2) is 21.3 Å². The molecule has 0 saturated heterocycles. The van der Waals surface area contributed by atoms with Crippen molar-refractivity contribution >= 4 is 27.4 Å². The molecule has 0 amide bonds. The minimum absolute atomic E-state index is 0.124. The summed E-state index contributed by atoms with van der Waals surface area (Å²) in [6, 6.07) is 1.37. The Balaban J connectivity index is 2.16. The fraction of sp³-hybridized carbons (Fsp3) is 0.222. The summed E-state index contributed by atoms with van der Waals surface area (Å²) in [7, 11) is 0. The molecule has 0 aromatic carbocycles. The maximum atomic E-state index is 10.8. The Labute approximate surface area is 110 Å². The average Bonchev–Trinajstić information content (AvgIpc) is 2.73. The van der Waals surface area contributed by atoms with Crippen LogP contribution >= 0.6 is 15.9 Å². The highest BCUT2D eigenvalue weighted by Crippen LogP contribution is 2.25. The van der Waals surface area contributed by atoms with E-state index in [9.17, 15) is 10.1 Å². The zero-order valence-corrected chi connectivity index (χ0v) is 10.8. The molecule has 2 aromatic heterocycles. The maximum Gasteiger partial charge on any atom is 0.312 e. The molecule has 0 spiro atoms. The molecule has 0 atom stereocenters. The van der Waals surface area contributed by atoms with Crippen LogP contribution in [0, 0.1) is 17.0 Å². The lowest BCUT2D eigenvalue weighted by molar-refractivity contribution is -0.384. The highest BCUT2D eigenvalue weighted by Gasteiger charge is 2.16. The third-order valence-electron chi connectivity index (χ3n) is 2.01. The molecule has 0 aliphatic heterocycles. The van der Waals surface area contributed by atoms with E-state index in [1.165, 1.54) is 12.3 Å². The van der Waals surface area contributed by atoms with Gasteiger partial charge in [0, 0.05) is 16.7 Å². The minimum atomic E-state index is -0.515. The summed E-state index contributed by atoms with van der Waals surface area (Å²) < 4.78 is 5.42. The van der Waals surface area contributed by atoms with Crippen LogP contribution in [0.1, 0.15) is 11.7 Å². The molecular formula is C9H8BrN5O3. The van der Waals surface area contributed by atoms with Crippen molar-refractivity contribution in [3.05, 3.63) is 38.6 Å². The van der Waals surface area contributed by atoms with Gasteiger partial charge in [0.1, 0.15) is 0 Å². The first kappa shape index (κ1) is 12.4. The average molecular weight is 314 g/mol. The quantitative estimate of drug-likeness (QED) is 0.679. The van der Waals surface area contributed by atoms with Crippen molar-refractivity contribution < 1.29 is 9.45 Å². The largest absolute Gasteiger partial charge is 0.355 e. The van der Waals surface area contributed by atoms with Crippen molar-refractivity contribution in [3.63, 3.8) is 0 Å². The highest BCUT2D eigenvalue weighted by molar-refractivity contribution is 9.10. The molecule has 0 saturated carbocycles. The van der Waals surface area contributed by atoms with E-state index >= 15 is 0 Å². The number of hydrogen-bond donors (Lipinski definition) is 1. The Hall–Kier alpha value is -2.03. The summed E-state index contributed by atoms with van der Waals surface area (Å²) in [6.45, 7) is 1.86. The van der Waals surface area contributed by atoms with Crippen LogP contribution in [0.5, 0.6) is 0 Å². The van der Waals surface area contributed by atoms with Crippen LogP contribution < -0.4 is 5.32 Å². The van der Waals surface area contributed by atoms with Gasteiger partial charge in [-0.2, -0.15) is 4.98 Å². The summed E-state index contributed by atoms with van der Waals surface area (Å²) in [5, 5.41) is 17.2. The Morgan fingerprint density at radius 1 is 1.61 bits per heavy atom. The monoisotopic (exact) mass is 313 g/mol. The molecule has 2 heterocycles. The molecule has 0 aliphatic carbocycles. The summed E-state index contributed by atoms with van der Waals surface area (Å²) in [5.41, 5.74) is -0.124. The third kappa shape index (κ3) is 2.80. The van der Waals surface area contributed by atoms with Crippen LogP contribution in [0.3, 0.4) is 0 Å². The lowest BCUT2D eigenvalue weighted by atomic mass is 10.4. The number of hydrogen-bond acceptors (Lipinski definition) is 7. The van der Waals surface area contributed by atoms with Crippen molar-refractivity contribution in [1.82, 2.24) is 15.1 Å². The van der Waals surface area contributed by atoms with Crippen molar-refractivity contribution in [2.75, 3.05) is 5.32 Å². The predicted octanol–water partition coefficient (Wildman–Crippen LogP) is 2.06. The second-order valence-corrected chi connectivity index (χ2v) is 4.28. The molecule has 0 aliphatic rings. The third-order valence-corrected chi connectivity index (χ3v) is 2.44. The van der Waals surface area contributed by atoms with Crippen LogP contribution in [0.2, 0.25) is 0 Å². The number of anilines is 1. The molecule has 2 aromatic rings. The fourth-order valence-electron chi connectivity index (χ4n) is 1.28. The zero-order valence-electron chi connectivity index (χ0n) is 9.25. The molecule has 0 unspecified atom stereocenters. The van der Waals surface area contributed by atoms with E-state index < -0.39 is 4.92 Å². The number of aromatic nitrogens is 3. The van der Waals surface area contributed by atoms with Crippen LogP contribution in [-0.2, 0) is 6.54 Å². The van der Waals surface area contributed by atoms with E-state index in [0.717, 1.165) is 0 Å². The number of nitro groups is 1. The SMILES string of the molecule is Cc1noc(CNc2ncc(Br)cc2[N+](=O)[O-])n1. The smallest absolute Gasteiger partial charge is 0.312 e. The molecule has 0 radical (unpaired) electrons. The van der Waals surface area contributed by atoms with Gasteiger partial charge in [0.2, 0.25) is 11.7 Å². The van der Waals surface area contributed by atoms with Gasteiger partial charge >= 0.3 is 5.69 Å². The number of halogens is 1. The normalized spacial score (nSPS) is 10.3. The Morgan fingerprint density at radius 3 is 3.00 bits per heavy atom.